The number of hydrogen-bond donors (Lipinski definition) is 1. The molecule has 0 radical (unpaired) electrons. The fraction of sp³-hybridized carbons (Fsp3) is 0.800. The Morgan fingerprint density at radius 2 is 2.18 bits per heavy atom. The van der Waals surface area contributed by atoms with Crippen LogP contribution in [0.2, 0.25) is 0 Å². The third-order valence-corrected chi connectivity index (χ3v) is 2.31. The van der Waals surface area contributed by atoms with Crippen LogP contribution in [0.3, 0.4) is 0 Å². The van der Waals surface area contributed by atoms with Crippen LogP contribution >= 0.6 is 0 Å². The van der Waals surface area contributed by atoms with E-state index in [1.165, 1.54) is 0 Å². The lowest BCUT2D eigenvalue weighted by molar-refractivity contribution is -0.138. The molecule has 0 aliphatic heterocycles. The molecule has 96 valence electrons. The number of tetrazole rings is 1. The molecule has 7 heteroatoms. The number of rotatable bonds is 8. The van der Waals surface area contributed by atoms with Crippen LogP contribution in [0.25, 0.3) is 0 Å². The summed E-state index contributed by atoms with van der Waals surface area (Å²) in [6.07, 6.45) is 1.85. The molecule has 17 heavy (non-hydrogen) atoms. The van der Waals surface area contributed by atoms with E-state index in [9.17, 15) is 4.79 Å². The van der Waals surface area contributed by atoms with Gasteiger partial charge in [0.05, 0.1) is 13.1 Å². The molecule has 0 atom stereocenters. The molecule has 0 unspecified atom stereocenters. The van der Waals surface area contributed by atoms with Gasteiger partial charge in [0, 0.05) is 6.54 Å². The van der Waals surface area contributed by atoms with Gasteiger partial charge in [0.15, 0.2) is 5.82 Å². The van der Waals surface area contributed by atoms with Crippen molar-refractivity contribution in [3.8, 4) is 0 Å². The molecule has 1 aromatic heterocycles. The summed E-state index contributed by atoms with van der Waals surface area (Å²) in [6.45, 7) is 6.05. The predicted molar refractivity (Wildman–Crippen MR) is 61.3 cm³/mol. The summed E-state index contributed by atoms with van der Waals surface area (Å²) in [5, 5.41) is 20.2. The first-order valence-corrected chi connectivity index (χ1v) is 5.86. The quantitative estimate of drug-likeness (QED) is 0.708. The first kappa shape index (κ1) is 13.6. The molecular weight excluding hydrogens is 222 g/mol. The first-order valence-electron chi connectivity index (χ1n) is 5.86. The van der Waals surface area contributed by atoms with Crippen LogP contribution in [0.15, 0.2) is 0 Å². The van der Waals surface area contributed by atoms with Crippen LogP contribution in [0.5, 0.6) is 0 Å². The maximum Gasteiger partial charge on any atom is 0.317 e. The minimum atomic E-state index is -0.826. The van der Waals surface area contributed by atoms with Crippen molar-refractivity contribution in [2.45, 2.75) is 39.8 Å². The standard InChI is InChI=1S/C10H19N5O2/c1-3-5-14(8-10(16)17)7-9-11-12-13-15(9)6-4-2/h3-8H2,1-2H3,(H,16,17). The third kappa shape index (κ3) is 4.48. The largest absolute Gasteiger partial charge is 0.480 e. The summed E-state index contributed by atoms with van der Waals surface area (Å²) < 4.78 is 1.73. The van der Waals surface area contributed by atoms with E-state index in [4.69, 9.17) is 5.11 Å². The maximum absolute atomic E-state index is 10.7. The summed E-state index contributed by atoms with van der Waals surface area (Å²) in [6, 6.07) is 0. The zero-order valence-electron chi connectivity index (χ0n) is 10.3. The normalized spacial score (nSPS) is 11.0. The molecule has 1 aromatic rings. The predicted octanol–water partition coefficient (Wildman–Crippen LogP) is 0.380. The van der Waals surface area contributed by atoms with E-state index in [-0.39, 0.29) is 6.54 Å². The van der Waals surface area contributed by atoms with Crippen molar-refractivity contribution in [1.29, 1.82) is 0 Å². The molecule has 0 aliphatic rings. The zero-order chi connectivity index (χ0) is 12.7. The van der Waals surface area contributed by atoms with Crippen molar-refractivity contribution in [2.75, 3.05) is 13.1 Å². The summed E-state index contributed by atoms with van der Waals surface area (Å²) in [4.78, 5) is 12.6. The molecular formula is C10H19N5O2. The van der Waals surface area contributed by atoms with E-state index in [1.54, 1.807) is 4.68 Å². The van der Waals surface area contributed by atoms with Crippen molar-refractivity contribution in [2.24, 2.45) is 0 Å². The number of hydrogen-bond acceptors (Lipinski definition) is 5. The van der Waals surface area contributed by atoms with Crippen LogP contribution in [-0.4, -0.2) is 49.3 Å². The fourth-order valence-electron chi connectivity index (χ4n) is 1.64. The molecule has 0 saturated heterocycles. The Bertz CT molecular complexity index is 352. The van der Waals surface area contributed by atoms with Gasteiger partial charge in [-0.1, -0.05) is 13.8 Å². The van der Waals surface area contributed by atoms with Crippen molar-refractivity contribution in [3.05, 3.63) is 5.82 Å². The van der Waals surface area contributed by atoms with E-state index in [1.807, 2.05) is 18.7 Å². The van der Waals surface area contributed by atoms with Crippen molar-refractivity contribution >= 4 is 5.97 Å². The Labute approximate surface area is 100 Å². The molecule has 0 saturated carbocycles. The van der Waals surface area contributed by atoms with E-state index < -0.39 is 5.97 Å². The average molecular weight is 241 g/mol. The lowest BCUT2D eigenvalue weighted by Crippen LogP contribution is -2.31. The van der Waals surface area contributed by atoms with Gasteiger partial charge in [0.25, 0.3) is 0 Å². The van der Waals surface area contributed by atoms with Gasteiger partial charge in [-0.3, -0.25) is 9.69 Å². The Balaban J connectivity index is 2.64. The molecule has 1 rings (SSSR count). The van der Waals surface area contributed by atoms with Crippen LogP contribution in [0.4, 0.5) is 0 Å². The number of carboxylic acid groups (broad SMARTS) is 1. The number of carboxylic acids is 1. The highest BCUT2D eigenvalue weighted by molar-refractivity contribution is 5.69. The van der Waals surface area contributed by atoms with E-state index in [0.717, 1.165) is 31.8 Å². The maximum atomic E-state index is 10.7. The second-order valence-corrected chi connectivity index (χ2v) is 3.92. The third-order valence-electron chi connectivity index (χ3n) is 2.31. The van der Waals surface area contributed by atoms with E-state index >= 15 is 0 Å². The average Bonchev–Trinajstić information content (AvgIpc) is 2.66. The van der Waals surface area contributed by atoms with Crippen molar-refractivity contribution in [1.82, 2.24) is 25.1 Å². The van der Waals surface area contributed by atoms with Gasteiger partial charge in [-0.2, -0.15) is 0 Å². The molecule has 1 N–H and O–H groups in total. The molecule has 0 bridgehead atoms. The minimum absolute atomic E-state index is 0.0207. The molecule has 0 spiro atoms. The van der Waals surface area contributed by atoms with Gasteiger partial charge in [0.1, 0.15) is 0 Å². The topological polar surface area (TPSA) is 84.1 Å². The van der Waals surface area contributed by atoms with E-state index in [2.05, 4.69) is 15.5 Å². The number of aryl methyl sites for hydroxylation is 1. The zero-order valence-corrected chi connectivity index (χ0v) is 10.3. The Kier molecular flexibility index (Phi) is 5.55. The van der Waals surface area contributed by atoms with Crippen molar-refractivity contribution in [3.63, 3.8) is 0 Å². The summed E-state index contributed by atoms with van der Waals surface area (Å²) in [5.41, 5.74) is 0. The summed E-state index contributed by atoms with van der Waals surface area (Å²) in [7, 11) is 0. The lowest BCUT2D eigenvalue weighted by atomic mass is 10.3. The van der Waals surface area contributed by atoms with Crippen LogP contribution in [0, 0.1) is 0 Å². The molecule has 1 heterocycles. The first-order chi connectivity index (χ1) is 8.17. The molecule has 0 aliphatic carbocycles. The lowest BCUT2D eigenvalue weighted by Gasteiger charge is -2.18. The molecule has 0 amide bonds. The second kappa shape index (κ2) is 6.95. The summed E-state index contributed by atoms with van der Waals surface area (Å²) >= 11 is 0. The smallest absolute Gasteiger partial charge is 0.317 e. The van der Waals surface area contributed by atoms with Gasteiger partial charge in [-0.25, -0.2) is 4.68 Å². The SMILES string of the molecule is CCCN(CC(=O)O)Cc1nnnn1CCC. The Hall–Kier alpha value is -1.50. The van der Waals surface area contributed by atoms with Gasteiger partial charge in [0.2, 0.25) is 0 Å². The van der Waals surface area contributed by atoms with Crippen LogP contribution < -0.4 is 0 Å². The highest BCUT2D eigenvalue weighted by Gasteiger charge is 2.13. The fourth-order valence-corrected chi connectivity index (χ4v) is 1.64. The van der Waals surface area contributed by atoms with Gasteiger partial charge in [-0.05, 0) is 29.8 Å². The second-order valence-electron chi connectivity index (χ2n) is 3.92. The molecule has 0 fully saturated rings. The Morgan fingerprint density at radius 1 is 1.41 bits per heavy atom. The summed E-state index contributed by atoms with van der Waals surface area (Å²) in [5.74, 6) is -0.102. The van der Waals surface area contributed by atoms with E-state index in [0.29, 0.717) is 6.54 Å². The molecule has 0 aromatic carbocycles. The monoisotopic (exact) mass is 241 g/mol. The number of aliphatic carboxylic acids is 1. The highest BCUT2D eigenvalue weighted by Crippen LogP contribution is 2.02. The highest BCUT2D eigenvalue weighted by atomic mass is 16.4. The van der Waals surface area contributed by atoms with Crippen LogP contribution in [0.1, 0.15) is 32.5 Å². The Morgan fingerprint density at radius 3 is 2.76 bits per heavy atom. The van der Waals surface area contributed by atoms with Gasteiger partial charge in [-0.15, -0.1) is 5.10 Å². The number of carbonyl (C=O) groups is 1. The number of aromatic nitrogens is 4. The van der Waals surface area contributed by atoms with Crippen LogP contribution in [-0.2, 0) is 17.9 Å². The molecule has 7 nitrogen and oxygen atoms in total. The van der Waals surface area contributed by atoms with Gasteiger partial charge < -0.3 is 5.11 Å². The van der Waals surface area contributed by atoms with Crippen molar-refractivity contribution < 1.29 is 9.90 Å². The minimum Gasteiger partial charge on any atom is -0.480 e. The number of nitrogens with zero attached hydrogens (tertiary/aromatic N) is 5. The van der Waals surface area contributed by atoms with Gasteiger partial charge >= 0.3 is 5.97 Å².